The number of benzene rings is 1. The number of carbonyl (C=O) groups is 3. The molecule has 5 nitrogen and oxygen atoms in total. The summed E-state index contributed by atoms with van der Waals surface area (Å²) in [5, 5.41) is 2.63. The molecule has 0 heterocycles. The van der Waals surface area contributed by atoms with Gasteiger partial charge in [0.25, 0.3) is 0 Å². The fourth-order valence-corrected chi connectivity index (χ4v) is 1.94. The third kappa shape index (κ3) is 3.44. The summed E-state index contributed by atoms with van der Waals surface area (Å²) in [6, 6.07) is 4.98. The lowest BCUT2D eigenvalue weighted by Crippen LogP contribution is -2.17. The molecule has 0 spiro atoms. The van der Waals surface area contributed by atoms with Crippen molar-refractivity contribution >= 4 is 23.3 Å². The number of carbonyl (C=O) groups excluding carboxylic acids is 3. The van der Waals surface area contributed by atoms with Gasteiger partial charge in [-0.1, -0.05) is 6.07 Å². The fraction of sp³-hybridized carbons (Fsp3) is 0.400. The average Bonchev–Trinajstić information content (AvgIpc) is 3.24. The van der Waals surface area contributed by atoms with Crippen molar-refractivity contribution in [1.82, 2.24) is 0 Å². The molecular formula is C15H17NO4. The zero-order chi connectivity index (χ0) is 14.7. The van der Waals surface area contributed by atoms with Crippen LogP contribution in [0.2, 0.25) is 0 Å². The second kappa shape index (κ2) is 5.86. The van der Waals surface area contributed by atoms with Gasteiger partial charge in [0.15, 0.2) is 0 Å². The number of esters is 1. The SMILES string of the molecule is COC(=O)c1cc(NC(=O)CC(=O)C2CC2)ccc1C. The largest absolute Gasteiger partial charge is 0.465 e. The van der Waals surface area contributed by atoms with Gasteiger partial charge in [-0.15, -0.1) is 0 Å². The number of hydrogen-bond acceptors (Lipinski definition) is 4. The molecule has 0 atom stereocenters. The topological polar surface area (TPSA) is 72.5 Å². The number of Topliss-reactive ketones (excluding diaryl/α,β-unsaturated/α-hetero) is 1. The minimum Gasteiger partial charge on any atom is -0.465 e. The van der Waals surface area contributed by atoms with Crippen LogP contribution in [0.5, 0.6) is 0 Å². The Morgan fingerprint density at radius 3 is 2.60 bits per heavy atom. The maximum atomic E-state index is 11.7. The summed E-state index contributed by atoms with van der Waals surface area (Å²) < 4.78 is 4.68. The van der Waals surface area contributed by atoms with Gasteiger partial charge >= 0.3 is 5.97 Å². The van der Waals surface area contributed by atoms with Gasteiger partial charge in [-0.25, -0.2) is 4.79 Å². The van der Waals surface area contributed by atoms with Gasteiger partial charge in [0.1, 0.15) is 5.78 Å². The van der Waals surface area contributed by atoms with Gasteiger partial charge in [-0.2, -0.15) is 0 Å². The minimum atomic E-state index is -0.451. The Balaban J connectivity index is 2.03. The number of methoxy groups -OCH3 is 1. The van der Waals surface area contributed by atoms with Crippen molar-refractivity contribution in [3.8, 4) is 0 Å². The lowest BCUT2D eigenvalue weighted by Gasteiger charge is -2.08. The standard InChI is InChI=1S/C15H17NO4/c1-9-3-6-11(7-12(9)15(19)20-2)16-14(18)8-13(17)10-4-5-10/h3,6-7,10H,4-5,8H2,1-2H3,(H,16,18). The third-order valence-corrected chi connectivity index (χ3v) is 3.29. The molecule has 0 aromatic heterocycles. The molecule has 1 aliphatic rings. The first-order valence-electron chi connectivity index (χ1n) is 6.53. The van der Waals surface area contributed by atoms with Gasteiger partial charge in [0.2, 0.25) is 5.91 Å². The normalized spacial score (nSPS) is 13.7. The smallest absolute Gasteiger partial charge is 0.338 e. The Labute approximate surface area is 117 Å². The lowest BCUT2D eigenvalue weighted by molar-refractivity contribution is -0.126. The van der Waals surface area contributed by atoms with E-state index in [1.54, 1.807) is 25.1 Å². The second-order valence-corrected chi connectivity index (χ2v) is 4.99. The van der Waals surface area contributed by atoms with Crippen molar-refractivity contribution < 1.29 is 19.1 Å². The van der Waals surface area contributed by atoms with Crippen molar-refractivity contribution in [2.45, 2.75) is 26.2 Å². The number of ketones is 1. The van der Waals surface area contributed by atoms with E-state index in [0.29, 0.717) is 11.3 Å². The Morgan fingerprint density at radius 2 is 2.00 bits per heavy atom. The predicted molar refractivity (Wildman–Crippen MR) is 73.5 cm³/mol. The highest BCUT2D eigenvalue weighted by Crippen LogP contribution is 2.30. The van der Waals surface area contributed by atoms with Crippen LogP contribution in [0.15, 0.2) is 18.2 Å². The monoisotopic (exact) mass is 275 g/mol. The lowest BCUT2D eigenvalue weighted by atomic mass is 10.1. The number of hydrogen-bond donors (Lipinski definition) is 1. The fourth-order valence-electron chi connectivity index (χ4n) is 1.94. The Kier molecular flexibility index (Phi) is 4.17. The van der Waals surface area contributed by atoms with Crippen LogP contribution >= 0.6 is 0 Å². The number of aryl methyl sites for hydroxylation is 1. The molecule has 2 rings (SSSR count). The number of rotatable bonds is 5. The third-order valence-electron chi connectivity index (χ3n) is 3.29. The van der Waals surface area contributed by atoms with E-state index in [0.717, 1.165) is 18.4 Å². The molecule has 106 valence electrons. The molecule has 0 radical (unpaired) electrons. The van der Waals surface area contributed by atoms with Crippen molar-refractivity contribution in [1.29, 1.82) is 0 Å². The van der Waals surface area contributed by atoms with Crippen LogP contribution in [0.3, 0.4) is 0 Å². The Hall–Kier alpha value is -2.17. The van der Waals surface area contributed by atoms with E-state index in [-0.39, 0.29) is 24.0 Å². The van der Waals surface area contributed by atoms with Crippen molar-refractivity contribution in [2.24, 2.45) is 5.92 Å². The van der Waals surface area contributed by atoms with Gasteiger partial charge < -0.3 is 10.1 Å². The number of amides is 1. The minimum absolute atomic E-state index is 0.0113. The van der Waals surface area contributed by atoms with Gasteiger partial charge in [0.05, 0.1) is 19.1 Å². The number of ether oxygens (including phenoxy) is 1. The van der Waals surface area contributed by atoms with Crippen LogP contribution < -0.4 is 5.32 Å². The van der Waals surface area contributed by atoms with Crippen LogP contribution in [-0.4, -0.2) is 24.8 Å². The quantitative estimate of drug-likeness (QED) is 0.659. The first-order valence-corrected chi connectivity index (χ1v) is 6.53. The van der Waals surface area contributed by atoms with Crippen LogP contribution in [0.1, 0.15) is 35.2 Å². The number of anilines is 1. The molecule has 1 N–H and O–H groups in total. The number of nitrogens with one attached hydrogen (secondary N) is 1. The van der Waals surface area contributed by atoms with E-state index in [4.69, 9.17) is 0 Å². The summed E-state index contributed by atoms with van der Waals surface area (Å²) in [5.41, 5.74) is 1.66. The zero-order valence-corrected chi connectivity index (χ0v) is 11.6. The molecule has 20 heavy (non-hydrogen) atoms. The molecule has 1 fully saturated rings. The van der Waals surface area contributed by atoms with E-state index in [1.807, 2.05) is 0 Å². The first kappa shape index (κ1) is 14.2. The van der Waals surface area contributed by atoms with Crippen LogP contribution in [0.4, 0.5) is 5.69 Å². The Bertz CT molecular complexity index is 561. The van der Waals surface area contributed by atoms with Crippen molar-refractivity contribution in [3.05, 3.63) is 29.3 Å². The molecular weight excluding hydrogens is 258 g/mol. The maximum Gasteiger partial charge on any atom is 0.338 e. The molecule has 1 aliphatic carbocycles. The van der Waals surface area contributed by atoms with Crippen molar-refractivity contribution in [2.75, 3.05) is 12.4 Å². The molecule has 0 aliphatic heterocycles. The highest BCUT2D eigenvalue weighted by Gasteiger charge is 2.30. The molecule has 1 amide bonds. The van der Waals surface area contributed by atoms with E-state index < -0.39 is 5.97 Å². The van der Waals surface area contributed by atoms with Crippen LogP contribution in [0.25, 0.3) is 0 Å². The van der Waals surface area contributed by atoms with Gasteiger partial charge in [0, 0.05) is 11.6 Å². The van der Waals surface area contributed by atoms with E-state index in [2.05, 4.69) is 10.1 Å². The summed E-state index contributed by atoms with van der Waals surface area (Å²) >= 11 is 0. The summed E-state index contributed by atoms with van der Waals surface area (Å²) in [4.78, 5) is 34.8. The molecule has 1 saturated carbocycles. The molecule has 5 heteroatoms. The summed E-state index contributed by atoms with van der Waals surface area (Å²) in [7, 11) is 1.31. The molecule has 0 saturated heterocycles. The highest BCUT2D eigenvalue weighted by molar-refractivity contribution is 6.06. The molecule has 1 aromatic rings. The summed E-state index contributed by atoms with van der Waals surface area (Å²) in [6.07, 6.45) is 1.68. The second-order valence-electron chi connectivity index (χ2n) is 4.99. The average molecular weight is 275 g/mol. The van der Waals surface area contributed by atoms with Crippen LogP contribution in [-0.2, 0) is 14.3 Å². The van der Waals surface area contributed by atoms with Crippen LogP contribution in [0, 0.1) is 12.8 Å². The van der Waals surface area contributed by atoms with E-state index >= 15 is 0 Å². The molecule has 0 unspecified atom stereocenters. The predicted octanol–water partition coefficient (Wildman–Crippen LogP) is 2.09. The summed E-state index contributed by atoms with van der Waals surface area (Å²) in [6.45, 7) is 1.79. The first-order chi connectivity index (χ1) is 9.51. The van der Waals surface area contributed by atoms with Gasteiger partial charge in [-0.3, -0.25) is 9.59 Å². The zero-order valence-electron chi connectivity index (χ0n) is 11.6. The van der Waals surface area contributed by atoms with Crippen molar-refractivity contribution in [3.63, 3.8) is 0 Å². The van der Waals surface area contributed by atoms with Gasteiger partial charge in [-0.05, 0) is 37.5 Å². The molecule has 0 bridgehead atoms. The van der Waals surface area contributed by atoms with E-state index in [9.17, 15) is 14.4 Å². The Morgan fingerprint density at radius 1 is 1.30 bits per heavy atom. The maximum absolute atomic E-state index is 11.7. The van der Waals surface area contributed by atoms with E-state index in [1.165, 1.54) is 7.11 Å². The molecule has 1 aromatic carbocycles. The highest BCUT2D eigenvalue weighted by atomic mass is 16.5. The summed E-state index contributed by atoms with van der Waals surface area (Å²) in [5.74, 6) is -0.735.